The number of piperidine rings is 1. The molecule has 1 aliphatic heterocycles. The first kappa shape index (κ1) is 16.8. The number of alkyl halides is 3. The van der Waals surface area contributed by atoms with Crippen LogP contribution in [0.2, 0.25) is 0 Å². The largest absolute Gasteiger partial charge is 0.480 e. The molecule has 0 aliphatic carbocycles. The minimum atomic E-state index is -4.80. The van der Waals surface area contributed by atoms with Crippen LogP contribution < -0.4 is 0 Å². The lowest BCUT2D eigenvalue weighted by Gasteiger charge is -2.37. The molecule has 1 aromatic rings. The average Bonchev–Trinajstić information content (AvgIpc) is 2.84. The third kappa shape index (κ3) is 2.98. The molecule has 2 heterocycles. The molecule has 2 atom stereocenters. The van der Waals surface area contributed by atoms with Gasteiger partial charge in [0.1, 0.15) is 6.04 Å². The number of halogens is 3. The van der Waals surface area contributed by atoms with Crippen LogP contribution in [0.5, 0.6) is 0 Å². The second-order valence-electron chi connectivity index (χ2n) is 5.13. The lowest BCUT2D eigenvalue weighted by Crippen LogP contribution is -2.56. The van der Waals surface area contributed by atoms with Crippen molar-refractivity contribution >= 4 is 16.0 Å². The number of nitrogens with zero attached hydrogens (tertiary/aromatic N) is 1. The van der Waals surface area contributed by atoms with Crippen LogP contribution >= 0.6 is 0 Å². The maximum absolute atomic E-state index is 13.0. The van der Waals surface area contributed by atoms with E-state index >= 15 is 0 Å². The van der Waals surface area contributed by atoms with Gasteiger partial charge in [-0.05, 0) is 25.3 Å². The van der Waals surface area contributed by atoms with Gasteiger partial charge in [-0.2, -0.15) is 17.5 Å². The molecule has 0 unspecified atom stereocenters. The Labute approximate surface area is 124 Å². The number of carboxylic acid groups (broad SMARTS) is 1. The fraction of sp³-hybridized carbons (Fsp3) is 0.583. The molecule has 0 spiro atoms. The van der Waals surface area contributed by atoms with E-state index < -0.39 is 45.6 Å². The summed E-state index contributed by atoms with van der Waals surface area (Å²) in [5, 5.41) is 8.56. The molecule has 1 aliphatic rings. The summed E-state index contributed by atoms with van der Waals surface area (Å²) in [6.45, 7) is 1.25. The van der Waals surface area contributed by atoms with Gasteiger partial charge in [0.2, 0.25) is 5.09 Å². The molecule has 0 aromatic carbocycles. The second kappa shape index (κ2) is 5.58. The summed E-state index contributed by atoms with van der Waals surface area (Å²) in [6, 6.07) is -1.05. The van der Waals surface area contributed by atoms with Crippen LogP contribution in [0, 0.1) is 12.8 Å². The molecule has 10 heteroatoms. The van der Waals surface area contributed by atoms with Crippen molar-refractivity contribution in [1.82, 2.24) is 4.31 Å². The van der Waals surface area contributed by atoms with Gasteiger partial charge in [0.25, 0.3) is 10.0 Å². The summed E-state index contributed by atoms with van der Waals surface area (Å²) in [5.41, 5.74) is 0.467. The molecular weight excluding hydrogens is 327 g/mol. The predicted molar refractivity (Wildman–Crippen MR) is 67.5 cm³/mol. The van der Waals surface area contributed by atoms with Gasteiger partial charge in [-0.1, -0.05) is 0 Å². The van der Waals surface area contributed by atoms with Crippen LogP contribution in [-0.2, 0) is 14.8 Å². The van der Waals surface area contributed by atoms with E-state index in [9.17, 15) is 26.4 Å². The van der Waals surface area contributed by atoms with E-state index in [0.717, 1.165) is 12.3 Å². The third-order valence-electron chi connectivity index (χ3n) is 3.53. The van der Waals surface area contributed by atoms with Crippen molar-refractivity contribution in [2.45, 2.75) is 37.1 Å². The van der Waals surface area contributed by atoms with E-state index in [1.807, 2.05) is 0 Å². The maximum Gasteiger partial charge on any atom is 0.393 e. The molecule has 0 saturated carbocycles. The normalized spacial score (nSPS) is 24.4. The minimum absolute atomic E-state index is 0.0765. The zero-order valence-corrected chi connectivity index (χ0v) is 12.3. The number of rotatable bonds is 3. The van der Waals surface area contributed by atoms with Crippen molar-refractivity contribution in [3.05, 3.63) is 17.9 Å². The van der Waals surface area contributed by atoms with E-state index in [2.05, 4.69) is 0 Å². The van der Waals surface area contributed by atoms with E-state index in [0.29, 0.717) is 9.87 Å². The first-order chi connectivity index (χ1) is 10.0. The predicted octanol–water partition coefficient (Wildman–Crippen LogP) is 2.00. The molecule has 6 nitrogen and oxygen atoms in total. The van der Waals surface area contributed by atoms with Crippen LogP contribution in [0.25, 0.3) is 0 Å². The number of carboxylic acids is 1. The van der Waals surface area contributed by atoms with Crippen molar-refractivity contribution in [3.8, 4) is 0 Å². The van der Waals surface area contributed by atoms with Crippen LogP contribution in [0.15, 0.2) is 21.8 Å². The Morgan fingerprint density at radius 3 is 2.55 bits per heavy atom. The molecule has 1 fully saturated rings. The first-order valence-electron chi connectivity index (χ1n) is 6.41. The Morgan fingerprint density at radius 1 is 1.45 bits per heavy atom. The molecule has 124 valence electrons. The summed E-state index contributed by atoms with van der Waals surface area (Å²) in [6.07, 6.45) is -4.17. The Balaban J connectivity index is 2.46. The summed E-state index contributed by atoms with van der Waals surface area (Å²) < 4.78 is 69.0. The molecule has 0 amide bonds. The summed E-state index contributed by atoms with van der Waals surface area (Å²) in [4.78, 5) is 11.3. The average molecular weight is 341 g/mol. The third-order valence-corrected chi connectivity index (χ3v) is 5.28. The molecule has 0 radical (unpaired) electrons. The van der Waals surface area contributed by atoms with Crippen LogP contribution in [0.1, 0.15) is 18.4 Å². The highest BCUT2D eigenvalue weighted by Gasteiger charge is 2.54. The van der Waals surface area contributed by atoms with Gasteiger partial charge < -0.3 is 9.52 Å². The van der Waals surface area contributed by atoms with Crippen LogP contribution in [-0.4, -0.2) is 42.6 Å². The van der Waals surface area contributed by atoms with E-state index in [4.69, 9.17) is 9.52 Å². The monoisotopic (exact) mass is 341 g/mol. The zero-order valence-electron chi connectivity index (χ0n) is 11.5. The summed E-state index contributed by atoms with van der Waals surface area (Å²) in [7, 11) is -4.44. The van der Waals surface area contributed by atoms with Crippen LogP contribution in [0.3, 0.4) is 0 Å². The SMILES string of the molecule is Cc1coc(S(=O)(=O)N2CCC[C@H](C(F)(F)F)[C@@H]2C(=O)O)c1. The summed E-state index contributed by atoms with van der Waals surface area (Å²) >= 11 is 0. The second-order valence-corrected chi connectivity index (χ2v) is 6.95. The standard InChI is InChI=1S/C12H14F3NO5S/c1-7-5-9(21-6-7)22(19,20)16-4-2-3-8(12(13,14)15)10(16)11(17)18/h5-6,8,10H,2-4H2,1H3,(H,17,18)/t8-,10+/m0/s1. The number of sulfonamides is 1. The number of carbonyl (C=O) groups is 1. The van der Waals surface area contributed by atoms with E-state index in [-0.39, 0.29) is 13.0 Å². The lowest BCUT2D eigenvalue weighted by atomic mass is 9.90. The fourth-order valence-corrected chi connectivity index (χ4v) is 4.17. The highest BCUT2D eigenvalue weighted by Crippen LogP contribution is 2.39. The minimum Gasteiger partial charge on any atom is -0.480 e. The maximum atomic E-state index is 13.0. The molecular formula is C12H14F3NO5S. The highest BCUT2D eigenvalue weighted by molar-refractivity contribution is 7.89. The Bertz CT molecular complexity index is 667. The number of hydrogen-bond acceptors (Lipinski definition) is 4. The summed E-state index contributed by atoms with van der Waals surface area (Å²) in [5.74, 6) is -4.07. The topological polar surface area (TPSA) is 87.8 Å². The number of hydrogen-bond donors (Lipinski definition) is 1. The van der Waals surface area contributed by atoms with Crippen molar-refractivity contribution in [2.24, 2.45) is 5.92 Å². The smallest absolute Gasteiger partial charge is 0.393 e. The number of aryl methyl sites for hydroxylation is 1. The Hall–Kier alpha value is -1.55. The van der Waals surface area contributed by atoms with E-state index in [1.54, 1.807) is 6.92 Å². The molecule has 2 rings (SSSR count). The highest BCUT2D eigenvalue weighted by atomic mass is 32.2. The first-order valence-corrected chi connectivity index (χ1v) is 7.85. The number of aliphatic carboxylic acids is 1. The Morgan fingerprint density at radius 2 is 2.09 bits per heavy atom. The fourth-order valence-electron chi connectivity index (χ4n) is 2.53. The quantitative estimate of drug-likeness (QED) is 0.908. The van der Waals surface area contributed by atoms with Crippen molar-refractivity contribution in [2.75, 3.05) is 6.54 Å². The van der Waals surface area contributed by atoms with Gasteiger partial charge in [-0.3, -0.25) is 4.79 Å². The Kier molecular flexibility index (Phi) is 4.26. The lowest BCUT2D eigenvalue weighted by molar-refractivity contribution is -0.201. The van der Waals surface area contributed by atoms with E-state index in [1.165, 1.54) is 0 Å². The molecule has 1 aromatic heterocycles. The van der Waals surface area contributed by atoms with Gasteiger partial charge >= 0.3 is 12.1 Å². The zero-order chi connectivity index (χ0) is 16.7. The van der Waals surface area contributed by atoms with Gasteiger partial charge in [-0.15, -0.1) is 0 Å². The van der Waals surface area contributed by atoms with Crippen LogP contribution in [0.4, 0.5) is 13.2 Å². The molecule has 0 bridgehead atoms. The van der Waals surface area contributed by atoms with Gasteiger partial charge in [0.15, 0.2) is 0 Å². The molecule has 22 heavy (non-hydrogen) atoms. The molecule has 1 N–H and O–H groups in total. The van der Waals surface area contributed by atoms with Crippen molar-refractivity contribution < 1.29 is 35.9 Å². The van der Waals surface area contributed by atoms with Crippen molar-refractivity contribution in [1.29, 1.82) is 0 Å². The number of furan rings is 1. The van der Waals surface area contributed by atoms with Gasteiger partial charge in [0.05, 0.1) is 12.2 Å². The van der Waals surface area contributed by atoms with Gasteiger partial charge in [0, 0.05) is 12.6 Å². The van der Waals surface area contributed by atoms with Gasteiger partial charge in [-0.25, -0.2) is 8.42 Å². The van der Waals surface area contributed by atoms with Crippen molar-refractivity contribution in [3.63, 3.8) is 0 Å². The molecule has 1 saturated heterocycles.